The molecule has 8 heteroatoms. The van der Waals surface area contributed by atoms with Gasteiger partial charge in [-0.3, -0.25) is 4.79 Å². The van der Waals surface area contributed by atoms with Gasteiger partial charge in [-0.15, -0.1) is 0 Å². The highest BCUT2D eigenvalue weighted by atomic mass is 19.4. The van der Waals surface area contributed by atoms with Gasteiger partial charge in [0.2, 0.25) is 5.91 Å². The van der Waals surface area contributed by atoms with Crippen molar-refractivity contribution in [1.29, 1.82) is 0 Å². The molecular formula is C24H23F4N3O. The van der Waals surface area contributed by atoms with E-state index in [-0.39, 0.29) is 30.2 Å². The van der Waals surface area contributed by atoms with Gasteiger partial charge in [0.05, 0.1) is 11.9 Å². The topological polar surface area (TPSA) is 54.0 Å². The van der Waals surface area contributed by atoms with E-state index in [4.69, 9.17) is 0 Å². The Kier molecular flexibility index (Phi) is 6.30. The summed E-state index contributed by atoms with van der Waals surface area (Å²) in [6.07, 6.45) is -1.45. The minimum absolute atomic E-state index is 0.00661. The van der Waals surface area contributed by atoms with Crippen molar-refractivity contribution in [3.05, 3.63) is 71.7 Å². The molecule has 1 fully saturated rings. The second-order valence-corrected chi connectivity index (χ2v) is 8.13. The molecule has 0 bridgehead atoms. The molecule has 1 aliphatic rings. The van der Waals surface area contributed by atoms with E-state index < -0.39 is 11.9 Å². The van der Waals surface area contributed by atoms with Crippen molar-refractivity contribution in [3.8, 4) is 0 Å². The Balaban J connectivity index is 1.36. The zero-order valence-electron chi connectivity index (χ0n) is 17.3. The van der Waals surface area contributed by atoms with Gasteiger partial charge in [-0.25, -0.2) is 9.37 Å². The highest BCUT2D eigenvalue weighted by Gasteiger charge is 2.33. The Morgan fingerprint density at radius 3 is 2.31 bits per heavy atom. The van der Waals surface area contributed by atoms with E-state index in [2.05, 4.69) is 15.6 Å². The molecule has 1 aromatic heterocycles. The average Bonchev–Trinajstić information content (AvgIpc) is 2.76. The number of carbonyl (C=O) groups excluding carboxylic acids is 1. The van der Waals surface area contributed by atoms with Crippen LogP contribution in [0.2, 0.25) is 0 Å². The predicted octanol–water partition coefficient (Wildman–Crippen LogP) is 5.47. The lowest BCUT2D eigenvalue weighted by molar-refractivity contribution is -0.140. The number of pyridine rings is 1. The smallest absolute Gasteiger partial charge is 0.382 e. The number of para-hydroxylation sites is 1. The van der Waals surface area contributed by atoms with Crippen LogP contribution in [0.25, 0.3) is 10.9 Å². The van der Waals surface area contributed by atoms with E-state index in [0.29, 0.717) is 16.6 Å². The van der Waals surface area contributed by atoms with E-state index in [1.807, 2.05) is 0 Å². The molecule has 0 unspecified atom stereocenters. The van der Waals surface area contributed by atoms with Crippen LogP contribution in [0.4, 0.5) is 23.2 Å². The van der Waals surface area contributed by atoms with E-state index in [0.717, 1.165) is 37.3 Å². The van der Waals surface area contributed by atoms with Crippen molar-refractivity contribution in [1.82, 2.24) is 10.3 Å². The summed E-state index contributed by atoms with van der Waals surface area (Å²) >= 11 is 0. The summed E-state index contributed by atoms with van der Waals surface area (Å²) in [4.78, 5) is 16.0. The highest BCUT2D eigenvalue weighted by Crippen LogP contribution is 2.34. The van der Waals surface area contributed by atoms with Crippen LogP contribution in [0, 0.1) is 5.82 Å². The van der Waals surface area contributed by atoms with Gasteiger partial charge in [-0.1, -0.05) is 30.3 Å². The normalized spacial score (nSPS) is 19.0. The van der Waals surface area contributed by atoms with Gasteiger partial charge < -0.3 is 10.6 Å². The molecule has 3 aromatic rings. The van der Waals surface area contributed by atoms with Gasteiger partial charge in [0.15, 0.2) is 0 Å². The van der Waals surface area contributed by atoms with Crippen LogP contribution in [-0.2, 0) is 17.4 Å². The molecule has 1 aliphatic carbocycles. The lowest BCUT2D eigenvalue weighted by atomic mass is 9.90. The fraction of sp³-hybridized carbons (Fsp3) is 0.333. The highest BCUT2D eigenvalue weighted by molar-refractivity contribution is 5.91. The van der Waals surface area contributed by atoms with Crippen molar-refractivity contribution in [2.75, 3.05) is 5.32 Å². The maximum atomic E-state index is 13.3. The summed E-state index contributed by atoms with van der Waals surface area (Å²) in [5.74, 6) is -0.465. The largest absolute Gasteiger partial charge is 0.433 e. The Bertz CT molecular complexity index is 1090. The second-order valence-electron chi connectivity index (χ2n) is 8.13. The third kappa shape index (κ3) is 5.36. The zero-order valence-corrected chi connectivity index (χ0v) is 17.3. The standard InChI is InChI=1S/C24H23F4N3O/c25-16-7-5-15(6-8-16)13-23(32)30-18-11-9-17(10-12-18)29-21-14-22(24(26,27)28)31-20-4-2-1-3-19(20)21/h1-8,14,17-18H,9-13H2,(H,29,31)(H,30,32). The van der Waals surface area contributed by atoms with Crippen molar-refractivity contribution >= 4 is 22.5 Å². The predicted molar refractivity (Wildman–Crippen MR) is 115 cm³/mol. The summed E-state index contributed by atoms with van der Waals surface area (Å²) in [6.45, 7) is 0. The number of amides is 1. The van der Waals surface area contributed by atoms with E-state index in [9.17, 15) is 22.4 Å². The Morgan fingerprint density at radius 1 is 0.969 bits per heavy atom. The number of aromatic nitrogens is 1. The van der Waals surface area contributed by atoms with E-state index in [1.165, 1.54) is 12.1 Å². The third-order valence-electron chi connectivity index (χ3n) is 5.74. The van der Waals surface area contributed by atoms with Crippen LogP contribution in [-0.4, -0.2) is 23.0 Å². The van der Waals surface area contributed by atoms with Crippen LogP contribution in [0.1, 0.15) is 36.9 Å². The van der Waals surface area contributed by atoms with Gasteiger partial charge in [0.25, 0.3) is 0 Å². The van der Waals surface area contributed by atoms with Crippen molar-refractivity contribution < 1.29 is 22.4 Å². The molecule has 32 heavy (non-hydrogen) atoms. The number of rotatable bonds is 5. The Labute approximate surface area is 183 Å². The maximum Gasteiger partial charge on any atom is 0.433 e. The monoisotopic (exact) mass is 445 g/mol. The maximum absolute atomic E-state index is 13.3. The lowest BCUT2D eigenvalue weighted by Crippen LogP contribution is -2.40. The third-order valence-corrected chi connectivity index (χ3v) is 5.74. The number of carbonyl (C=O) groups is 1. The number of hydrogen-bond donors (Lipinski definition) is 2. The number of nitrogens with zero attached hydrogens (tertiary/aromatic N) is 1. The van der Waals surface area contributed by atoms with E-state index >= 15 is 0 Å². The first-order valence-electron chi connectivity index (χ1n) is 10.6. The Hall–Kier alpha value is -3.16. The number of anilines is 1. The molecule has 1 amide bonds. The van der Waals surface area contributed by atoms with Crippen molar-refractivity contribution in [3.63, 3.8) is 0 Å². The lowest BCUT2D eigenvalue weighted by Gasteiger charge is -2.30. The number of halogens is 4. The molecule has 1 saturated carbocycles. The fourth-order valence-corrected chi connectivity index (χ4v) is 4.11. The average molecular weight is 445 g/mol. The van der Waals surface area contributed by atoms with Gasteiger partial charge in [-0.05, 0) is 55.5 Å². The molecule has 4 nitrogen and oxygen atoms in total. The van der Waals surface area contributed by atoms with Gasteiger partial charge in [0.1, 0.15) is 11.5 Å². The van der Waals surface area contributed by atoms with Gasteiger partial charge >= 0.3 is 6.18 Å². The first-order valence-corrected chi connectivity index (χ1v) is 10.6. The van der Waals surface area contributed by atoms with Crippen LogP contribution in [0.3, 0.4) is 0 Å². The summed E-state index contributed by atoms with van der Waals surface area (Å²) < 4.78 is 52.8. The second kappa shape index (κ2) is 9.14. The van der Waals surface area contributed by atoms with E-state index in [1.54, 1.807) is 36.4 Å². The van der Waals surface area contributed by atoms with Gasteiger partial charge in [-0.2, -0.15) is 13.2 Å². The molecule has 0 aliphatic heterocycles. The van der Waals surface area contributed by atoms with Crippen molar-refractivity contribution in [2.24, 2.45) is 0 Å². The SMILES string of the molecule is O=C(Cc1ccc(F)cc1)NC1CCC(Nc2cc(C(F)(F)F)nc3ccccc23)CC1. The zero-order chi connectivity index (χ0) is 22.7. The summed E-state index contributed by atoms with van der Waals surface area (Å²) in [6, 6.07) is 13.7. The molecule has 0 atom stereocenters. The first-order chi connectivity index (χ1) is 15.3. The molecule has 0 spiro atoms. The molecule has 1 heterocycles. The number of benzene rings is 2. The first kappa shape index (κ1) is 22.0. The molecule has 0 saturated heterocycles. The van der Waals surface area contributed by atoms with Crippen molar-refractivity contribution in [2.45, 2.75) is 50.4 Å². The van der Waals surface area contributed by atoms with Gasteiger partial charge in [0, 0.05) is 23.2 Å². The van der Waals surface area contributed by atoms with Crippen LogP contribution < -0.4 is 10.6 Å². The summed E-state index contributed by atoms with van der Waals surface area (Å²) in [5, 5.41) is 6.92. The molecule has 0 radical (unpaired) electrons. The summed E-state index contributed by atoms with van der Waals surface area (Å²) in [5.41, 5.74) is 0.544. The molecule has 4 rings (SSSR count). The fourth-order valence-electron chi connectivity index (χ4n) is 4.11. The molecule has 2 aromatic carbocycles. The number of alkyl halides is 3. The number of nitrogens with one attached hydrogen (secondary N) is 2. The van der Waals surface area contributed by atoms with Crippen LogP contribution in [0.5, 0.6) is 0 Å². The number of hydrogen-bond acceptors (Lipinski definition) is 3. The van der Waals surface area contributed by atoms with Crippen LogP contribution >= 0.6 is 0 Å². The quantitative estimate of drug-likeness (QED) is 0.512. The Morgan fingerprint density at radius 2 is 1.62 bits per heavy atom. The molecule has 2 N–H and O–H groups in total. The minimum atomic E-state index is -4.52. The summed E-state index contributed by atoms with van der Waals surface area (Å²) in [7, 11) is 0. The van der Waals surface area contributed by atoms with Crippen LogP contribution in [0.15, 0.2) is 54.6 Å². The minimum Gasteiger partial charge on any atom is -0.382 e. The molecule has 168 valence electrons. The molecular weight excluding hydrogens is 422 g/mol. The number of fused-ring (bicyclic) bond motifs is 1.